The number of hydrogen-bond acceptors (Lipinski definition) is 5. The van der Waals surface area contributed by atoms with Crippen LogP contribution < -0.4 is 16.2 Å². The zero-order valence-corrected chi connectivity index (χ0v) is 8.58. The van der Waals surface area contributed by atoms with Crippen LogP contribution in [0.1, 0.15) is 11.3 Å². The Balaban J connectivity index is 3.22. The monoisotopic (exact) mass is 246 g/mol. The number of nitrogen functional groups attached to an aromatic ring is 1. The molecule has 1 aromatic heterocycles. The third-order valence-electron chi connectivity index (χ3n) is 1.83. The minimum atomic E-state index is -4.88. The Morgan fingerprint density at radius 3 is 2.59 bits per heavy atom. The molecule has 0 aliphatic carbocycles. The number of nitrogens with zero attached hydrogens (tertiary/aromatic N) is 2. The Kier molecular flexibility index (Phi) is 3.75. The van der Waals surface area contributed by atoms with Crippen molar-refractivity contribution in [2.45, 2.75) is 19.3 Å². The fraction of sp³-hybridized carbons (Fsp3) is 0.333. The first-order chi connectivity index (χ1) is 7.87. The molecular formula is C9H9F3N4O. The molecule has 1 heterocycles. The molecule has 1 aromatic rings. The lowest BCUT2D eigenvalue weighted by Crippen LogP contribution is -2.20. The summed E-state index contributed by atoms with van der Waals surface area (Å²) in [7, 11) is 0. The van der Waals surface area contributed by atoms with Gasteiger partial charge >= 0.3 is 6.36 Å². The van der Waals surface area contributed by atoms with Crippen LogP contribution in [-0.2, 0) is 13.0 Å². The van der Waals surface area contributed by atoms with Crippen LogP contribution in [0.5, 0.6) is 5.75 Å². The van der Waals surface area contributed by atoms with Gasteiger partial charge in [0, 0.05) is 12.1 Å². The molecule has 0 spiro atoms. The predicted octanol–water partition coefficient (Wildman–Crippen LogP) is 1.09. The van der Waals surface area contributed by atoms with Crippen molar-refractivity contribution in [3.05, 3.63) is 17.3 Å². The highest BCUT2D eigenvalue weighted by Crippen LogP contribution is 2.31. The number of hydrogen-bond donors (Lipinski definition) is 2. The Morgan fingerprint density at radius 1 is 1.47 bits per heavy atom. The average Bonchev–Trinajstić information content (AvgIpc) is 2.21. The number of nitrogens with two attached hydrogens (primary N) is 2. The molecule has 17 heavy (non-hydrogen) atoms. The SMILES string of the molecule is N#CCc1cc(CN)nc(N)c1OC(F)(F)F. The van der Waals surface area contributed by atoms with Gasteiger partial charge in [-0.3, -0.25) is 0 Å². The molecule has 0 aliphatic heterocycles. The fourth-order valence-corrected chi connectivity index (χ4v) is 1.22. The van der Waals surface area contributed by atoms with E-state index in [1.165, 1.54) is 6.07 Å². The van der Waals surface area contributed by atoms with E-state index in [0.717, 1.165) is 0 Å². The van der Waals surface area contributed by atoms with Gasteiger partial charge in [0.15, 0.2) is 11.6 Å². The van der Waals surface area contributed by atoms with Crippen molar-refractivity contribution in [3.8, 4) is 11.8 Å². The average molecular weight is 246 g/mol. The third-order valence-corrected chi connectivity index (χ3v) is 1.83. The van der Waals surface area contributed by atoms with Gasteiger partial charge < -0.3 is 16.2 Å². The molecule has 92 valence electrons. The quantitative estimate of drug-likeness (QED) is 0.831. The molecule has 1 rings (SSSR count). The summed E-state index contributed by atoms with van der Waals surface area (Å²) in [5.74, 6) is -1.08. The molecule has 4 N–H and O–H groups in total. The van der Waals surface area contributed by atoms with Gasteiger partial charge in [-0.15, -0.1) is 13.2 Å². The van der Waals surface area contributed by atoms with E-state index in [9.17, 15) is 13.2 Å². The Bertz CT molecular complexity index is 453. The number of halogens is 3. The summed E-state index contributed by atoms with van der Waals surface area (Å²) in [5.41, 5.74) is 10.9. The second-order valence-electron chi connectivity index (χ2n) is 3.07. The van der Waals surface area contributed by atoms with Gasteiger partial charge in [-0.1, -0.05) is 0 Å². The topological polar surface area (TPSA) is 98.0 Å². The molecule has 0 unspecified atom stereocenters. The maximum Gasteiger partial charge on any atom is 0.573 e. The van der Waals surface area contributed by atoms with Crippen LogP contribution in [-0.4, -0.2) is 11.3 Å². The van der Waals surface area contributed by atoms with Gasteiger partial charge in [0.1, 0.15) is 0 Å². The molecule has 0 radical (unpaired) electrons. The number of anilines is 1. The smallest absolute Gasteiger partial charge is 0.401 e. The minimum absolute atomic E-state index is 0.00886. The molecule has 0 aromatic carbocycles. The Hall–Kier alpha value is -2.01. The summed E-state index contributed by atoms with van der Waals surface area (Å²) in [6, 6.07) is 2.98. The minimum Gasteiger partial charge on any atom is -0.401 e. The molecule has 8 heteroatoms. The molecule has 0 atom stereocenters. The predicted molar refractivity (Wildman–Crippen MR) is 52.5 cm³/mol. The first-order valence-corrected chi connectivity index (χ1v) is 4.48. The molecule has 0 bridgehead atoms. The van der Waals surface area contributed by atoms with Crippen molar-refractivity contribution >= 4 is 5.82 Å². The number of rotatable bonds is 3. The van der Waals surface area contributed by atoms with Crippen LogP contribution in [0, 0.1) is 11.3 Å². The van der Waals surface area contributed by atoms with E-state index in [1.807, 2.05) is 0 Å². The summed E-state index contributed by atoms with van der Waals surface area (Å²) in [5, 5.41) is 8.52. The second kappa shape index (κ2) is 4.88. The van der Waals surface area contributed by atoms with Crippen molar-refractivity contribution in [1.29, 1.82) is 5.26 Å². The maximum atomic E-state index is 12.1. The van der Waals surface area contributed by atoms with Crippen molar-refractivity contribution in [3.63, 3.8) is 0 Å². The van der Waals surface area contributed by atoms with Crippen LogP contribution in [0.3, 0.4) is 0 Å². The van der Waals surface area contributed by atoms with Crippen molar-refractivity contribution in [1.82, 2.24) is 4.98 Å². The van der Waals surface area contributed by atoms with Crippen LogP contribution in [0.2, 0.25) is 0 Å². The summed E-state index contributed by atoms with van der Waals surface area (Å²) >= 11 is 0. The fourth-order valence-electron chi connectivity index (χ4n) is 1.22. The van der Waals surface area contributed by atoms with Gasteiger partial charge in [0.25, 0.3) is 0 Å². The molecule has 0 amide bonds. The van der Waals surface area contributed by atoms with Crippen molar-refractivity contribution in [2.75, 3.05) is 5.73 Å². The molecule has 5 nitrogen and oxygen atoms in total. The van der Waals surface area contributed by atoms with Crippen LogP contribution in [0.15, 0.2) is 6.07 Å². The summed E-state index contributed by atoms with van der Waals surface area (Å²) in [6.45, 7) is 0.00886. The number of nitriles is 1. The van der Waals surface area contributed by atoms with Crippen molar-refractivity contribution < 1.29 is 17.9 Å². The standard InChI is InChI=1S/C9H9F3N4O/c10-9(11,12)17-7-5(1-2-13)3-6(4-14)16-8(7)15/h3H,1,4,14H2,(H2,15,16). The van der Waals surface area contributed by atoms with Gasteiger partial charge in [0.2, 0.25) is 0 Å². The van der Waals surface area contributed by atoms with E-state index in [4.69, 9.17) is 16.7 Å². The van der Waals surface area contributed by atoms with Gasteiger partial charge in [0.05, 0.1) is 18.2 Å². The van der Waals surface area contributed by atoms with E-state index in [0.29, 0.717) is 5.69 Å². The highest BCUT2D eigenvalue weighted by molar-refractivity contribution is 5.53. The van der Waals surface area contributed by atoms with Gasteiger partial charge in [-0.05, 0) is 6.07 Å². The Morgan fingerprint density at radius 2 is 2.12 bits per heavy atom. The lowest BCUT2D eigenvalue weighted by Gasteiger charge is -2.14. The zero-order valence-electron chi connectivity index (χ0n) is 8.58. The summed E-state index contributed by atoms with van der Waals surface area (Å²) < 4.78 is 40.1. The summed E-state index contributed by atoms with van der Waals surface area (Å²) in [4.78, 5) is 3.64. The van der Waals surface area contributed by atoms with E-state index >= 15 is 0 Å². The van der Waals surface area contributed by atoms with E-state index < -0.39 is 17.9 Å². The van der Waals surface area contributed by atoms with Crippen LogP contribution in [0.4, 0.5) is 19.0 Å². The number of pyridine rings is 1. The largest absolute Gasteiger partial charge is 0.573 e. The number of ether oxygens (including phenoxy) is 1. The highest BCUT2D eigenvalue weighted by Gasteiger charge is 2.33. The maximum absolute atomic E-state index is 12.1. The lowest BCUT2D eigenvalue weighted by atomic mass is 10.1. The highest BCUT2D eigenvalue weighted by atomic mass is 19.4. The van der Waals surface area contributed by atoms with E-state index in [-0.39, 0.29) is 18.5 Å². The van der Waals surface area contributed by atoms with Crippen molar-refractivity contribution in [2.24, 2.45) is 5.73 Å². The molecule has 0 fully saturated rings. The molecule has 0 aliphatic rings. The first kappa shape index (κ1) is 13.1. The van der Waals surface area contributed by atoms with E-state index in [2.05, 4.69) is 9.72 Å². The van der Waals surface area contributed by atoms with Gasteiger partial charge in [-0.25, -0.2) is 4.98 Å². The second-order valence-corrected chi connectivity index (χ2v) is 3.07. The molecule has 0 saturated carbocycles. The van der Waals surface area contributed by atoms with E-state index in [1.54, 1.807) is 6.07 Å². The van der Waals surface area contributed by atoms with Gasteiger partial charge in [-0.2, -0.15) is 5.26 Å². The number of aromatic nitrogens is 1. The zero-order chi connectivity index (χ0) is 13.1. The molecule has 0 saturated heterocycles. The first-order valence-electron chi connectivity index (χ1n) is 4.48. The Labute approximate surface area is 94.8 Å². The van der Waals surface area contributed by atoms with Crippen LogP contribution in [0.25, 0.3) is 0 Å². The summed E-state index contributed by atoms with van der Waals surface area (Å²) in [6.07, 6.45) is -5.16. The number of alkyl halides is 3. The normalized spacial score (nSPS) is 11.0. The third kappa shape index (κ3) is 3.49. The lowest BCUT2D eigenvalue weighted by molar-refractivity contribution is -0.274. The molecular weight excluding hydrogens is 237 g/mol. The van der Waals surface area contributed by atoms with Crippen LogP contribution >= 0.6 is 0 Å².